The molecule has 1 saturated carbocycles. The van der Waals surface area contributed by atoms with Gasteiger partial charge in [0.25, 0.3) is 0 Å². The van der Waals surface area contributed by atoms with Crippen molar-refractivity contribution >= 4 is 5.91 Å². The fraction of sp³-hybridized carbons (Fsp3) is 0.933. The normalized spacial score (nSPS) is 32.3. The summed E-state index contributed by atoms with van der Waals surface area (Å²) >= 11 is 0. The molecule has 2 N–H and O–H groups in total. The lowest BCUT2D eigenvalue weighted by Crippen LogP contribution is -2.45. The van der Waals surface area contributed by atoms with Crippen LogP contribution in [0.1, 0.15) is 46.0 Å². The fourth-order valence-corrected chi connectivity index (χ4v) is 3.49. The number of carbonyl (C=O) groups excluding carboxylic acids is 1. The smallest absolute Gasteiger partial charge is 0.237 e. The van der Waals surface area contributed by atoms with Crippen molar-refractivity contribution < 1.29 is 9.90 Å². The standard InChI is InChI=1S/C15H28N2O2/c1-3-4-5-8-16-15(19)11(2)17-9-12-6-7-14(18)13(12)10-17/h11-14,18H,3-10H2,1-2H3,(H,16,19). The Labute approximate surface area is 116 Å². The summed E-state index contributed by atoms with van der Waals surface area (Å²) in [5, 5.41) is 12.9. The first-order valence-electron chi connectivity index (χ1n) is 7.83. The van der Waals surface area contributed by atoms with E-state index in [0.29, 0.717) is 11.8 Å². The number of nitrogens with one attached hydrogen (secondary N) is 1. The second-order valence-electron chi connectivity index (χ2n) is 6.20. The molecular weight excluding hydrogens is 240 g/mol. The van der Waals surface area contributed by atoms with Gasteiger partial charge >= 0.3 is 0 Å². The fourth-order valence-electron chi connectivity index (χ4n) is 3.49. The van der Waals surface area contributed by atoms with Crippen molar-refractivity contribution in [3.8, 4) is 0 Å². The number of amides is 1. The number of aliphatic hydroxyl groups is 1. The molecule has 4 nitrogen and oxygen atoms in total. The van der Waals surface area contributed by atoms with E-state index in [2.05, 4.69) is 17.1 Å². The Hall–Kier alpha value is -0.610. The van der Waals surface area contributed by atoms with E-state index in [9.17, 15) is 9.90 Å². The van der Waals surface area contributed by atoms with Gasteiger partial charge in [-0.25, -0.2) is 0 Å². The minimum Gasteiger partial charge on any atom is -0.393 e. The van der Waals surface area contributed by atoms with Gasteiger partial charge in [-0.3, -0.25) is 9.69 Å². The third-order valence-electron chi connectivity index (χ3n) is 4.85. The summed E-state index contributed by atoms with van der Waals surface area (Å²) in [5.74, 6) is 1.14. The van der Waals surface area contributed by atoms with Gasteiger partial charge in [0.2, 0.25) is 5.91 Å². The highest BCUT2D eigenvalue weighted by Crippen LogP contribution is 2.38. The Kier molecular flexibility index (Phi) is 5.22. The molecule has 1 aliphatic carbocycles. The lowest BCUT2D eigenvalue weighted by molar-refractivity contribution is -0.125. The van der Waals surface area contributed by atoms with Crippen LogP contribution < -0.4 is 5.32 Å². The predicted molar refractivity (Wildman–Crippen MR) is 75.8 cm³/mol. The molecule has 0 aromatic heterocycles. The number of hydrogen-bond donors (Lipinski definition) is 2. The van der Waals surface area contributed by atoms with Crippen molar-refractivity contribution in [3.63, 3.8) is 0 Å². The predicted octanol–water partition coefficient (Wildman–Crippen LogP) is 1.38. The zero-order chi connectivity index (χ0) is 13.8. The third-order valence-corrected chi connectivity index (χ3v) is 4.85. The van der Waals surface area contributed by atoms with Crippen LogP contribution in [0.25, 0.3) is 0 Å². The van der Waals surface area contributed by atoms with Crippen molar-refractivity contribution in [1.82, 2.24) is 10.2 Å². The van der Waals surface area contributed by atoms with E-state index < -0.39 is 0 Å². The molecule has 1 heterocycles. The molecule has 1 aliphatic heterocycles. The summed E-state index contributed by atoms with van der Waals surface area (Å²) < 4.78 is 0. The van der Waals surface area contributed by atoms with Gasteiger partial charge < -0.3 is 10.4 Å². The van der Waals surface area contributed by atoms with Gasteiger partial charge in [-0.1, -0.05) is 19.8 Å². The van der Waals surface area contributed by atoms with Crippen LogP contribution in [0.2, 0.25) is 0 Å². The quantitative estimate of drug-likeness (QED) is 0.716. The number of likely N-dealkylation sites (tertiary alicyclic amines) is 1. The summed E-state index contributed by atoms with van der Waals surface area (Å²) in [6.07, 6.45) is 5.34. The van der Waals surface area contributed by atoms with Crippen molar-refractivity contribution in [2.75, 3.05) is 19.6 Å². The lowest BCUT2D eigenvalue weighted by atomic mass is 10.00. The molecule has 4 heteroatoms. The molecule has 0 radical (unpaired) electrons. The molecule has 4 unspecified atom stereocenters. The Balaban J connectivity index is 1.74. The second kappa shape index (κ2) is 6.71. The van der Waals surface area contributed by atoms with Crippen LogP contribution in [0, 0.1) is 11.8 Å². The van der Waals surface area contributed by atoms with Gasteiger partial charge in [0.15, 0.2) is 0 Å². The van der Waals surface area contributed by atoms with E-state index >= 15 is 0 Å². The van der Waals surface area contributed by atoms with Gasteiger partial charge in [0.05, 0.1) is 12.1 Å². The van der Waals surface area contributed by atoms with Crippen LogP contribution in [-0.4, -0.2) is 47.7 Å². The summed E-state index contributed by atoms with van der Waals surface area (Å²) in [6, 6.07) is -0.0561. The minimum absolute atomic E-state index is 0.0561. The Bertz CT molecular complexity index is 309. The molecule has 2 rings (SSSR count). The zero-order valence-electron chi connectivity index (χ0n) is 12.3. The van der Waals surface area contributed by atoms with Crippen molar-refractivity contribution in [3.05, 3.63) is 0 Å². The summed E-state index contributed by atoms with van der Waals surface area (Å²) in [5.41, 5.74) is 0. The highest BCUT2D eigenvalue weighted by Gasteiger charge is 2.43. The maximum Gasteiger partial charge on any atom is 0.237 e. The van der Waals surface area contributed by atoms with Gasteiger partial charge in [-0.15, -0.1) is 0 Å². The number of unbranched alkanes of at least 4 members (excludes halogenated alkanes) is 2. The van der Waals surface area contributed by atoms with E-state index in [4.69, 9.17) is 0 Å². The molecule has 0 aromatic rings. The van der Waals surface area contributed by atoms with E-state index in [1.807, 2.05) is 6.92 Å². The van der Waals surface area contributed by atoms with Gasteiger partial charge in [0, 0.05) is 25.6 Å². The molecule has 2 aliphatic rings. The molecule has 1 saturated heterocycles. The van der Waals surface area contributed by atoms with Gasteiger partial charge in [0.1, 0.15) is 0 Å². The minimum atomic E-state index is -0.144. The van der Waals surface area contributed by atoms with E-state index in [-0.39, 0.29) is 18.1 Å². The Morgan fingerprint density at radius 2 is 2.16 bits per heavy atom. The summed E-state index contributed by atoms with van der Waals surface area (Å²) in [4.78, 5) is 14.3. The molecule has 2 fully saturated rings. The third kappa shape index (κ3) is 3.48. The first-order valence-corrected chi connectivity index (χ1v) is 7.83. The van der Waals surface area contributed by atoms with Crippen molar-refractivity contribution in [1.29, 1.82) is 0 Å². The first kappa shape index (κ1) is 14.8. The molecule has 0 spiro atoms. The van der Waals surface area contributed by atoms with Gasteiger partial charge in [-0.2, -0.15) is 0 Å². The van der Waals surface area contributed by atoms with E-state index in [1.165, 1.54) is 12.8 Å². The van der Waals surface area contributed by atoms with Crippen molar-refractivity contribution in [2.24, 2.45) is 11.8 Å². The summed E-state index contributed by atoms with van der Waals surface area (Å²) in [7, 11) is 0. The Morgan fingerprint density at radius 3 is 2.84 bits per heavy atom. The van der Waals surface area contributed by atoms with Crippen LogP contribution in [0.15, 0.2) is 0 Å². The number of hydrogen-bond acceptors (Lipinski definition) is 3. The number of aliphatic hydroxyl groups excluding tert-OH is 1. The summed E-state index contributed by atoms with van der Waals surface area (Å²) in [6.45, 7) is 6.81. The number of carbonyl (C=O) groups is 1. The number of nitrogens with zero attached hydrogens (tertiary/aromatic N) is 1. The molecule has 110 valence electrons. The lowest BCUT2D eigenvalue weighted by Gasteiger charge is -2.24. The highest BCUT2D eigenvalue weighted by molar-refractivity contribution is 5.81. The Morgan fingerprint density at radius 1 is 1.37 bits per heavy atom. The maximum atomic E-state index is 12.1. The molecule has 0 bridgehead atoms. The topological polar surface area (TPSA) is 52.6 Å². The molecule has 0 aromatic carbocycles. The average molecular weight is 268 g/mol. The number of fused-ring (bicyclic) bond motifs is 1. The molecule has 1 amide bonds. The average Bonchev–Trinajstić information content (AvgIpc) is 2.96. The van der Waals surface area contributed by atoms with Crippen molar-refractivity contribution in [2.45, 2.75) is 58.1 Å². The highest BCUT2D eigenvalue weighted by atomic mass is 16.3. The second-order valence-corrected chi connectivity index (χ2v) is 6.20. The van der Waals surface area contributed by atoms with E-state index in [0.717, 1.165) is 38.9 Å². The van der Waals surface area contributed by atoms with Crippen LogP contribution in [0.4, 0.5) is 0 Å². The monoisotopic (exact) mass is 268 g/mol. The first-order chi connectivity index (χ1) is 9.13. The zero-order valence-corrected chi connectivity index (χ0v) is 12.3. The van der Waals surface area contributed by atoms with Crippen LogP contribution >= 0.6 is 0 Å². The maximum absolute atomic E-state index is 12.1. The molecule has 4 atom stereocenters. The van der Waals surface area contributed by atoms with Crippen LogP contribution in [-0.2, 0) is 4.79 Å². The van der Waals surface area contributed by atoms with Crippen LogP contribution in [0.5, 0.6) is 0 Å². The van der Waals surface area contributed by atoms with Crippen LogP contribution in [0.3, 0.4) is 0 Å². The molecular formula is C15H28N2O2. The molecule has 19 heavy (non-hydrogen) atoms. The van der Waals surface area contributed by atoms with Gasteiger partial charge in [-0.05, 0) is 32.1 Å². The van der Waals surface area contributed by atoms with E-state index in [1.54, 1.807) is 0 Å². The number of rotatable bonds is 6. The largest absolute Gasteiger partial charge is 0.393 e. The SMILES string of the molecule is CCCCCNC(=O)C(C)N1CC2CCC(O)C2C1.